The molecule has 3 aromatic rings. The van der Waals surface area contributed by atoms with Crippen LogP contribution >= 0.6 is 11.8 Å². The molecule has 0 unspecified atom stereocenters. The number of benzene rings is 2. The van der Waals surface area contributed by atoms with Crippen molar-refractivity contribution in [3.63, 3.8) is 0 Å². The maximum Gasteiger partial charge on any atom is 0.313 e. The normalized spacial score (nSPS) is 10.5. The van der Waals surface area contributed by atoms with E-state index in [9.17, 15) is 4.79 Å². The van der Waals surface area contributed by atoms with Crippen LogP contribution in [0.1, 0.15) is 0 Å². The molecule has 26 heavy (non-hydrogen) atoms. The van der Waals surface area contributed by atoms with Crippen LogP contribution in [0.2, 0.25) is 0 Å². The second kappa shape index (κ2) is 7.92. The number of fused-ring (bicyclic) bond motifs is 1. The highest BCUT2D eigenvalue weighted by Crippen LogP contribution is 2.32. The van der Waals surface area contributed by atoms with Crippen LogP contribution in [0, 0.1) is 0 Å². The van der Waals surface area contributed by atoms with Gasteiger partial charge < -0.3 is 19.9 Å². The average molecular weight is 371 g/mol. The lowest BCUT2D eigenvalue weighted by molar-refractivity contribution is -0.133. The minimum Gasteiger partial charge on any atom is -0.497 e. The fourth-order valence-electron chi connectivity index (χ4n) is 2.37. The van der Waals surface area contributed by atoms with E-state index < -0.39 is 5.97 Å². The van der Waals surface area contributed by atoms with Crippen LogP contribution in [0.4, 0.5) is 11.6 Å². The second-order valence-corrected chi connectivity index (χ2v) is 6.21. The molecule has 1 heterocycles. The van der Waals surface area contributed by atoms with Crippen molar-refractivity contribution in [1.82, 2.24) is 9.97 Å². The summed E-state index contributed by atoms with van der Waals surface area (Å²) in [5, 5.41) is 13.5. The molecule has 1 aromatic heterocycles. The SMILES string of the molecule is COc1ccc(Nc2nc(SCC(=O)O)c3ccccc3n2)c(OC)c1. The van der Waals surface area contributed by atoms with E-state index in [-0.39, 0.29) is 5.75 Å². The molecule has 0 amide bonds. The Morgan fingerprint density at radius 1 is 1.15 bits per heavy atom. The van der Waals surface area contributed by atoms with Crippen LogP contribution in [0.3, 0.4) is 0 Å². The third-order valence-electron chi connectivity index (χ3n) is 3.56. The summed E-state index contributed by atoms with van der Waals surface area (Å²) < 4.78 is 10.6. The van der Waals surface area contributed by atoms with Gasteiger partial charge in [0.2, 0.25) is 5.95 Å². The first-order chi connectivity index (χ1) is 12.6. The minimum atomic E-state index is -0.899. The quantitative estimate of drug-likeness (QED) is 0.481. The molecule has 0 aliphatic rings. The summed E-state index contributed by atoms with van der Waals surface area (Å²) in [4.78, 5) is 19.9. The fourth-order valence-corrected chi connectivity index (χ4v) is 3.11. The number of methoxy groups -OCH3 is 2. The largest absolute Gasteiger partial charge is 0.497 e. The molecule has 2 N–H and O–H groups in total. The van der Waals surface area contributed by atoms with E-state index in [2.05, 4.69) is 15.3 Å². The van der Waals surface area contributed by atoms with Crippen LogP contribution in [-0.4, -0.2) is 41.0 Å². The molecule has 2 aromatic carbocycles. The number of hydrogen-bond donors (Lipinski definition) is 2. The fraction of sp³-hybridized carbons (Fsp3) is 0.167. The van der Waals surface area contributed by atoms with Gasteiger partial charge in [-0.15, -0.1) is 0 Å². The van der Waals surface area contributed by atoms with Gasteiger partial charge in [-0.1, -0.05) is 30.0 Å². The van der Waals surface area contributed by atoms with Gasteiger partial charge in [0, 0.05) is 11.5 Å². The molecule has 0 radical (unpaired) electrons. The van der Waals surface area contributed by atoms with Gasteiger partial charge in [-0.3, -0.25) is 4.79 Å². The van der Waals surface area contributed by atoms with Crippen LogP contribution < -0.4 is 14.8 Å². The topological polar surface area (TPSA) is 93.6 Å². The maximum absolute atomic E-state index is 10.9. The molecule has 7 nitrogen and oxygen atoms in total. The second-order valence-electron chi connectivity index (χ2n) is 5.24. The molecular weight excluding hydrogens is 354 g/mol. The lowest BCUT2D eigenvalue weighted by Gasteiger charge is -2.13. The van der Waals surface area contributed by atoms with Gasteiger partial charge in [0.25, 0.3) is 0 Å². The summed E-state index contributed by atoms with van der Waals surface area (Å²) in [6.07, 6.45) is 0. The zero-order chi connectivity index (χ0) is 18.5. The summed E-state index contributed by atoms with van der Waals surface area (Å²) in [6, 6.07) is 12.8. The first-order valence-electron chi connectivity index (χ1n) is 7.71. The molecule has 0 aliphatic carbocycles. The summed E-state index contributed by atoms with van der Waals surface area (Å²) in [6.45, 7) is 0. The minimum absolute atomic E-state index is 0.0771. The van der Waals surface area contributed by atoms with E-state index in [4.69, 9.17) is 14.6 Å². The highest BCUT2D eigenvalue weighted by Gasteiger charge is 2.12. The lowest BCUT2D eigenvalue weighted by Crippen LogP contribution is -2.03. The zero-order valence-corrected chi connectivity index (χ0v) is 15.0. The first kappa shape index (κ1) is 17.8. The Morgan fingerprint density at radius 3 is 2.69 bits per heavy atom. The number of ether oxygens (including phenoxy) is 2. The number of nitrogens with one attached hydrogen (secondary N) is 1. The van der Waals surface area contributed by atoms with Crippen molar-refractivity contribution in [3.05, 3.63) is 42.5 Å². The maximum atomic E-state index is 10.9. The third kappa shape index (κ3) is 3.97. The number of anilines is 2. The van der Waals surface area contributed by atoms with Crippen LogP contribution in [0.25, 0.3) is 10.9 Å². The van der Waals surface area contributed by atoms with E-state index in [1.54, 1.807) is 32.4 Å². The molecule has 0 fully saturated rings. The van der Waals surface area contributed by atoms with Gasteiger partial charge in [-0.25, -0.2) is 9.97 Å². The number of nitrogens with zero attached hydrogens (tertiary/aromatic N) is 2. The number of carbonyl (C=O) groups is 1. The molecule has 3 rings (SSSR count). The number of para-hydroxylation sites is 1. The van der Waals surface area contributed by atoms with Gasteiger partial charge in [-0.05, 0) is 18.2 Å². The van der Waals surface area contributed by atoms with Crippen LogP contribution in [0.15, 0.2) is 47.5 Å². The number of thioether (sulfide) groups is 1. The molecule has 8 heteroatoms. The number of aromatic nitrogens is 2. The Balaban J connectivity index is 1.99. The molecule has 0 aliphatic heterocycles. The van der Waals surface area contributed by atoms with Crippen molar-refractivity contribution in [2.75, 3.05) is 25.3 Å². The highest BCUT2D eigenvalue weighted by atomic mass is 32.2. The Kier molecular flexibility index (Phi) is 5.43. The Labute approximate surface area is 154 Å². The van der Waals surface area contributed by atoms with Crippen molar-refractivity contribution >= 4 is 40.3 Å². The lowest BCUT2D eigenvalue weighted by atomic mass is 10.2. The van der Waals surface area contributed by atoms with E-state index >= 15 is 0 Å². The summed E-state index contributed by atoms with van der Waals surface area (Å²) in [7, 11) is 3.15. The molecule has 0 bridgehead atoms. The van der Waals surface area contributed by atoms with Gasteiger partial charge in [0.1, 0.15) is 16.5 Å². The smallest absolute Gasteiger partial charge is 0.313 e. The Hall–Kier alpha value is -3.00. The summed E-state index contributed by atoms with van der Waals surface area (Å²) >= 11 is 1.16. The third-order valence-corrected chi connectivity index (χ3v) is 4.53. The van der Waals surface area contributed by atoms with E-state index in [0.717, 1.165) is 22.7 Å². The van der Waals surface area contributed by atoms with Crippen molar-refractivity contribution in [3.8, 4) is 11.5 Å². The van der Waals surface area contributed by atoms with E-state index in [1.165, 1.54) is 0 Å². The zero-order valence-electron chi connectivity index (χ0n) is 14.2. The molecule has 0 spiro atoms. The highest BCUT2D eigenvalue weighted by molar-refractivity contribution is 8.00. The van der Waals surface area contributed by atoms with Crippen LogP contribution in [0.5, 0.6) is 11.5 Å². The molecule has 0 saturated carbocycles. The predicted molar refractivity (Wildman–Crippen MR) is 101 cm³/mol. The Bertz CT molecular complexity index is 949. The molecule has 0 atom stereocenters. The first-order valence-corrected chi connectivity index (χ1v) is 8.69. The molecule has 0 saturated heterocycles. The summed E-state index contributed by atoms with van der Waals surface area (Å²) in [5.74, 6) is 0.640. The van der Waals surface area contributed by atoms with Gasteiger partial charge >= 0.3 is 5.97 Å². The van der Waals surface area contributed by atoms with Crippen LogP contribution in [-0.2, 0) is 4.79 Å². The van der Waals surface area contributed by atoms with Crippen molar-refractivity contribution in [2.45, 2.75) is 5.03 Å². The summed E-state index contributed by atoms with van der Waals surface area (Å²) in [5.41, 5.74) is 1.41. The van der Waals surface area contributed by atoms with Gasteiger partial charge in [-0.2, -0.15) is 0 Å². The monoisotopic (exact) mass is 371 g/mol. The average Bonchev–Trinajstić information content (AvgIpc) is 2.66. The predicted octanol–water partition coefficient (Wildman–Crippen LogP) is 3.57. The van der Waals surface area contributed by atoms with E-state index in [0.29, 0.717) is 28.2 Å². The number of hydrogen-bond acceptors (Lipinski definition) is 7. The molecular formula is C18H17N3O4S. The van der Waals surface area contributed by atoms with Gasteiger partial charge in [0.05, 0.1) is 31.2 Å². The number of carboxylic acids is 1. The van der Waals surface area contributed by atoms with Crippen molar-refractivity contribution in [2.24, 2.45) is 0 Å². The van der Waals surface area contributed by atoms with Gasteiger partial charge in [0.15, 0.2) is 0 Å². The molecule has 134 valence electrons. The van der Waals surface area contributed by atoms with Crippen molar-refractivity contribution in [1.29, 1.82) is 0 Å². The van der Waals surface area contributed by atoms with E-state index in [1.807, 2.05) is 24.3 Å². The number of rotatable bonds is 7. The number of aliphatic carboxylic acids is 1. The van der Waals surface area contributed by atoms with Crippen molar-refractivity contribution < 1.29 is 19.4 Å². The Morgan fingerprint density at radius 2 is 1.96 bits per heavy atom. The standard InChI is InChI=1S/C18H17N3O4S/c1-24-11-7-8-14(15(9-11)25-2)20-18-19-13-6-4-3-5-12(13)17(21-18)26-10-16(22)23/h3-9H,10H2,1-2H3,(H,22,23)(H,19,20,21). The number of carboxylic acid groups (broad SMARTS) is 1.